The Balaban J connectivity index is 1.70. The number of rotatable bonds is 8. The number of pyridine rings is 2. The summed E-state index contributed by atoms with van der Waals surface area (Å²) in [5, 5.41) is 0.225. The fourth-order valence-electron chi connectivity index (χ4n) is 4.80. The highest BCUT2D eigenvalue weighted by Gasteiger charge is 2.40. The molecule has 0 bridgehead atoms. The fourth-order valence-corrected chi connectivity index (χ4v) is 6.39. The largest absolute Gasteiger partial charge is 0.496 e. The minimum atomic E-state index is -4.25. The summed E-state index contributed by atoms with van der Waals surface area (Å²) in [7, 11) is -2.72. The molecule has 9 nitrogen and oxygen atoms in total. The van der Waals surface area contributed by atoms with Crippen molar-refractivity contribution in [2.75, 3.05) is 18.6 Å². The van der Waals surface area contributed by atoms with Gasteiger partial charge in [0.1, 0.15) is 23.7 Å². The molecule has 0 saturated carbocycles. The molecule has 11 heteroatoms. The van der Waals surface area contributed by atoms with E-state index in [-0.39, 0.29) is 39.3 Å². The minimum absolute atomic E-state index is 0.0500. The normalized spacial score (nSPS) is 17.0. The van der Waals surface area contributed by atoms with E-state index < -0.39 is 15.7 Å². The lowest BCUT2D eigenvalue weighted by atomic mass is 9.97. The molecule has 0 aliphatic carbocycles. The van der Waals surface area contributed by atoms with Crippen molar-refractivity contribution in [1.29, 1.82) is 0 Å². The van der Waals surface area contributed by atoms with Crippen LogP contribution >= 0.6 is 11.6 Å². The molecule has 1 atom stereocenters. The number of hydrogen-bond donors (Lipinski definition) is 1. The van der Waals surface area contributed by atoms with E-state index in [1.165, 1.54) is 37.6 Å². The monoisotopic (exact) mass is 544 g/mol. The molecule has 2 N–H and O–H groups in total. The van der Waals surface area contributed by atoms with Crippen LogP contribution in [-0.2, 0) is 16.4 Å². The third kappa shape index (κ3) is 5.35. The summed E-state index contributed by atoms with van der Waals surface area (Å²) in [6.45, 7) is 6.83. The molecule has 1 aliphatic heterocycles. The Hall–Kier alpha value is -3.37. The van der Waals surface area contributed by atoms with Crippen LogP contribution in [0.25, 0.3) is 0 Å². The second kappa shape index (κ2) is 10.2. The number of methoxy groups -OCH3 is 1. The molecule has 1 unspecified atom stereocenters. The van der Waals surface area contributed by atoms with Gasteiger partial charge in [0.05, 0.1) is 12.0 Å². The van der Waals surface area contributed by atoms with Gasteiger partial charge in [0.2, 0.25) is 15.7 Å². The van der Waals surface area contributed by atoms with E-state index >= 15 is 0 Å². The number of anilines is 1. The second-order valence-corrected chi connectivity index (χ2v) is 12.0. The Morgan fingerprint density at radius 2 is 2.00 bits per heavy atom. The minimum Gasteiger partial charge on any atom is -0.496 e. The van der Waals surface area contributed by atoms with Crippen LogP contribution in [0.1, 0.15) is 43.1 Å². The molecular formula is C26H29ClN4O5S. The van der Waals surface area contributed by atoms with Gasteiger partial charge < -0.3 is 20.1 Å². The van der Waals surface area contributed by atoms with Gasteiger partial charge in [-0.25, -0.2) is 18.4 Å². The highest BCUT2D eigenvalue weighted by molar-refractivity contribution is 7.91. The molecular weight excluding hydrogens is 516 g/mol. The van der Waals surface area contributed by atoms with Crippen LogP contribution in [0.15, 0.2) is 58.6 Å². The van der Waals surface area contributed by atoms with Crippen LogP contribution in [0.5, 0.6) is 11.6 Å². The third-order valence-corrected chi connectivity index (χ3v) is 8.28. The molecule has 0 spiro atoms. The van der Waals surface area contributed by atoms with E-state index in [1.54, 1.807) is 18.2 Å². The summed E-state index contributed by atoms with van der Waals surface area (Å²) in [6, 6.07) is 10.8. The number of nitrogens with zero attached hydrogens (tertiary/aromatic N) is 3. The SMILES string of the molecule is COc1ccc(Cl)cc1COc1cccc(S(=O)(=O)c2ccnc(N3CC(C)CC3(C)C)c2C(N)=O)n1. The molecule has 196 valence electrons. The predicted octanol–water partition coefficient (Wildman–Crippen LogP) is 4.27. The van der Waals surface area contributed by atoms with Gasteiger partial charge in [0.15, 0.2) is 5.03 Å². The van der Waals surface area contributed by atoms with Gasteiger partial charge in [-0.05, 0) is 56.5 Å². The molecule has 1 fully saturated rings. The molecule has 1 aromatic carbocycles. The number of hydrogen-bond acceptors (Lipinski definition) is 8. The van der Waals surface area contributed by atoms with Crippen LogP contribution in [-0.4, -0.2) is 43.5 Å². The highest BCUT2D eigenvalue weighted by Crippen LogP contribution is 2.39. The van der Waals surface area contributed by atoms with Crippen LogP contribution in [0.2, 0.25) is 5.02 Å². The van der Waals surface area contributed by atoms with Crippen molar-refractivity contribution in [3.05, 3.63) is 64.8 Å². The first-order chi connectivity index (χ1) is 17.4. The molecule has 0 radical (unpaired) electrons. The number of primary amides is 1. The molecule has 1 saturated heterocycles. The summed E-state index contributed by atoms with van der Waals surface area (Å²) in [4.78, 5) is 22.9. The fraction of sp³-hybridized carbons (Fsp3) is 0.346. The maximum atomic E-state index is 13.7. The first-order valence-corrected chi connectivity index (χ1v) is 13.5. The van der Waals surface area contributed by atoms with Crippen LogP contribution in [0, 0.1) is 5.92 Å². The topological polar surface area (TPSA) is 125 Å². The van der Waals surface area contributed by atoms with Gasteiger partial charge in [-0.2, -0.15) is 0 Å². The third-order valence-electron chi connectivity index (χ3n) is 6.35. The maximum absolute atomic E-state index is 13.7. The van der Waals surface area contributed by atoms with Crippen LogP contribution < -0.4 is 20.1 Å². The van der Waals surface area contributed by atoms with Gasteiger partial charge in [-0.3, -0.25) is 4.79 Å². The predicted molar refractivity (Wildman–Crippen MR) is 140 cm³/mol. The summed E-state index contributed by atoms with van der Waals surface area (Å²) >= 11 is 6.08. The smallest absolute Gasteiger partial charge is 0.253 e. The van der Waals surface area contributed by atoms with Crippen molar-refractivity contribution in [2.45, 2.75) is 49.3 Å². The molecule has 1 aliphatic rings. The van der Waals surface area contributed by atoms with E-state index in [1.807, 2.05) is 18.7 Å². The summed E-state index contributed by atoms with van der Waals surface area (Å²) in [6.07, 6.45) is 2.24. The van der Waals surface area contributed by atoms with Crippen LogP contribution in [0.3, 0.4) is 0 Å². The average molecular weight is 545 g/mol. The summed E-state index contributed by atoms with van der Waals surface area (Å²) in [5.41, 5.74) is 5.92. The zero-order valence-corrected chi connectivity index (χ0v) is 22.6. The lowest BCUT2D eigenvalue weighted by Gasteiger charge is -2.33. The van der Waals surface area contributed by atoms with E-state index in [2.05, 4.69) is 16.9 Å². The van der Waals surface area contributed by atoms with Crippen molar-refractivity contribution in [3.8, 4) is 11.6 Å². The zero-order chi connectivity index (χ0) is 27.0. The molecule has 4 rings (SSSR count). The second-order valence-electron chi connectivity index (χ2n) is 9.67. The first kappa shape index (κ1) is 26.7. The number of carbonyl (C=O) groups is 1. The quantitative estimate of drug-likeness (QED) is 0.445. The summed E-state index contributed by atoms with van der Waals surface area (Å²) in [5.74, 6) is 0.363. The number of benzene rings is 1. The molecule has 2 aromatic heterocycles. The summed E-state index contributed by atoms with van der Waals surface area (Å²) < 4.78 is 38.5. The van der Waals surface area contributed by atoms with Gasteiger partial charge in [0.25, 0.3) is 5.91 Å². The first-order valence-electron chi connectivity index (χ1n) is 11.7. The van der Waals surface area contributed by atoms with E-state index in [4.69, 9.17) is 26.8 Å². The Morgan fingerprint density at radius 3 is 2.65 bits per heavy atom. The Bertz CT molecular complexity index is 1440. The molecule has 3 aromatic rings. The Morgan fingerprint density at radius 1 is 1.24 bits per heavy atom. The number of sulfone groups is 1. The lowest BCUT2D eigenvalue weighted by Crippen LogP contribution is -2.40. The van der Waals surface area contributed by atoms with Crippen molar-refractivity contribution in [1.82, 2.24) is 9.97 Å². The van der Waals surface area contributed by atoms with Crippen LogP contribution in [0.4, 0.5) is 5.82 Å². The average Bonchev–Trinajstić information content (AvgIpc) is 3.13. The number of ether oxygens (including phenoxy) is 2. The van der Waals surface area contributed by atoms with Gasteiger partial charge >= 0.3 is 0 Å². The molecule has 3 heterocycles. The number of nitrogens with two attached hydrogens (primary N) is 1. The number of aromatic nitrogens is 2. The van der Waals surface area contributed by atoms with Gasteiger partial charge in [-0.1, -0.05) is 24.6 Å². The Kier molecular flexibility index (Phi) is 7.34. The van der Waals surface area contributed by atoms with Crippen molar-refractivity contribution in [2.24, 2.45) is 11.7 Å². The lowest BCUT2D eigenvalue weighted by molar-refractivity contribution is 0.0997. The standard InChI is InChI=1S/C26H29ClN4O5S/c1-16-13-26(2,3)31(14-16)25-23(24(28)32)20(10-11-29-25)37(33,34)22-7-5-6-21(30-22)36-15-17-12-18(27)8-9-19(17)35-4/h5-12,16H,13-15H2,1-4H3,(H2,28,32). The van der Waals surface area contributed by atoms with Gasteiger partial charge in [0, 0.05) is 34.9 Å². The molecule has 37 heavy (non-hydrogen) atoms. The van der Waals surface area contributed by atoms with Crippen molar-refractivity contribution >= 4 is 33.2 Å². The zero-order valence-electron chi connectivity index (χ0n) is 21.1. The number of carbonyl (C=O) groups excluding carboxylic acids is 1. The van der Waals surface area contributed by atoms with E-state index in [9.17, 15) is 13.2 Å². The van der Waals surface area contributed by atoms with Gasteiger partial charge in [-0.15, -0.1) is 0 Å². The maximum Gasteiger partial charge on any atom is 0.253 e. The molecule has 1 amide bonds. The van der Waals surface area contributed by atoms with E-state index in [0.29, 0.717) is 28.8 Å². The number of halogens is 1. The Labute approximate surface area is 221 Å². The van der Waals surface area contributed by atoms with Crippen molar-refractivity contribution in [3.63, 3.8) is 0 Å². The van der Waals surface area contributed by atoms with E-state index in [0.717, 1.165) is 6.42 Å². The van der Waals surface area contributed by atoms with Crippen molar-refractivity contribution < 1.29 is 22.7 Å². The number of amides is 1. The highest BCUT2D eigenvalue weighted by atomic mass is 35.5.